The molecule has 0 radical (unpaired) electrons. The van der Waals surface area contributed by atoms with Crippen LogP contribution in [0.4, 0.5) is 0 Å². The number of carbonyl (C=O) groups is 1. The Morgan fingerprint density at radius 2 is 1.83 bits per heavy atom. The van der Waals surface area contributed by atoms with E-state index in [4.69, 9.17) is 10.2 Å². The van der Waals surface area contributed by atoms with E-state index < -0.39 is 24.1 Å². The molecule has 3 N–H and O–H groups in total. The largest absolute Gasteiger partial charge is 0.387 e. The molecule has 3 unspecified atom stereocenters. The number of aldehydes is 1. The Labute approximate surface area is 68.3 Å². The summed E-state index contributed by atoms with van der Waals surface area (Å²) in [6.07, 6.45) is -4.56. The molecule has 3 atom stereocenters. The van der Waals surface area contributed by atoms with Gasteiger partial charge in [0, 0.05) is 0 Å². The lowest BCUT2D eigenvalue weighted by Gasteiger charge is -2.19. The molecule has 1 aliphatic rings. The van der Waals surface area contributed by atoms with E-state index in [1.807, 2.05) is 0 Å². The molecular formula is C6H10O6. The second-order valence-electron chi connectivity index (χ2n) is 2.74. The highest BCUT2D eigenvalue weighted by Crippen LogP contribution is 2.34. The highest BCUT2D eigenvalue weighted by Gasteiger charge is 2.54. The lowest BCUT2D eigenvalue weighted by Crippen LogP contribution is -2.45. The van der Waals surface area contributed by atoms with Gasteiger partial charge in [-0.1, -0.05) is 0 Å². The van der Waals surface area contributed by atoms with E-state index in [1.165, 1.54) is 6.92 Å². The van der Waals surface area contributed by atoms with Crippen LogP contribution in [-0.4, -0.2) is 45.7 Å². The molecule has 6 nitrogen and oxygen atoms in total. The Bertz CT molecular complexity index is 177. The number of aliphatic hydroxyl groups excluding tert-OH is 3. The molecule has 6 heteroatoms. The van der Waals surface area contributed by atoms with Gasteiger partial charge in [-0.15, -0.1) is 0 Å². The Morgan fingerprint density at radius 3 is 2.17 bits per heavy atom. The predicted octanol–water partition coefficient (Wildman–Crippen LogP) is -2.05. The van der Waals surface area contributed by atoms with E-state index >= 15 is 0 Å². The predicted molar refractivity (Wildman–Crippen MR) is 34.7 cm³/mol. The van der Waals surface area contributed by atoms with E-state index in [1.54, 1.807) is 0 Å². The summed E-state index contributed by atoms with van der Waals surface area (Å²) >= 11 is 0. The minimum Gasteiger partial charge on any atom is -0.387 e. The zero-order valence-electron chi connectivity index (χ0n) is 6.38. The second-order valence-corrected chi connectivity index (χ2v) is 2.74. The molecule has 0 aliphatic carbocycles. The monoisotopic (exact) mass is 178 g/mol. The first-order valence-electron chi connectivity index (χ1n) is 3.37. The van der Waals surface area contributed by atoms with Crippen molar-refractivity contribution in [2.24, 2.45) is 0 Å². The summed E-state index contributed by atoms with van der Waals surface area (Å²) in [4.78, 5) is 18.7. The van der Waals surface area contributed by atoms with Gasteiger partial charge in [0.2, 0.25) is 0 Å². The maximum Gasteiger partial charge on any atom is 0.259 e. The maximum absolute atomic E-state index is 10.00. The van der Waals surface area contributed by atoms with Crippen molar-refractivity contribution in [2.45, 2.75) is 31.0 Å². The molecule has 0 amide bonds. The van der Waals surface area contributed by atoms with Gasteiger partial charge in [-0.3, -0.25) is 0 Å². The third-order valence-corrected chi connectivity index (χ3v) is 1.70. The fraction of sp³-hybridized carbons (Fsp3) is 0.833. The normalized spacial score (nSPS) is 27.3. The molecule has 12 heavy (non-hydrogen) atoms. The fourth-order valence-electron chi connectivity index (χ4n) is 0.742. The van der Waals surface area contributed by atoms with Crippen LogP contribution in [-0.2, 0) is 14.6 Å². The zero-order chi connectivity index (χ0) is 9.35. The summed E-state index contributed by atoms with van der Waals surface area (Å²) in [6.45, 7) is 1.37. The second kappa shape index (κ2) is 3.08. The van der Waals surface area contributed by atoms with Crippen LogP contribution in [0.15, 0.2) is 0 Å². The quantitative estimate of drug-likeness (QED) is 0.260. The maximum atomic E-state index is 10.00. The van der Waals surface area contributed by atoms with Crippen molar-refractivity contribution in [1.29, 1.82) is 0 Å². The standard InChI is InChI=1S/C6H10O6/c1-6(11-12-6)5(10)4(9)3(8)2-7/h2-5,8-10H,1H3. The smallest absolute Gasteiger partial charge is 0.259 e. The number of hydrogen-bond donors (Lipinski definition) is 3. The first kappa shape index (κ1) is 9.56. The highest BCUT2D eigenvalue weighted by atomic mass is 17.4. The molecule has 1 rings (SSSR count). The Hall–Kier alpha value is -0.530. The summed E-state index contributed by atoms with van der Waals surface area (Å²) in [5, 5.41) is 27.1. The number of hydrogen-bond acceptors (Lipinski definition) is 6. The molecule has 0 aromatic rings. The lowest BCUT2D eigenvalue weighted by molar-refractivity contribution is -0.130. The third-order valence-electron chi connectivity index (χ3n) is 1.70. The van der Waals surface area contributed by atoms with Gasteiger partial charge in [0.15, 0.2) is 6.29 Å². The van der Waals surface area contributed by atoms with Crippen LogP contribution in [0.25, 0.3) is 0 Å². The van der Waals surface area contributed by atoms with Crippen molar-refractivity contribution in [3.8, 4) is 0 Å². The van der Waals surface area contributed by atoms with Crippen LogP contribution in [0.3, 0.4) is 0 Å². The molecule has 0 bridgehead atoms. The molecule has 1 heterocycles. The van der Waals surface area contributed by atoms with Gasteiger partial charge < -0.3 is 20.1 Å². The van der Waals surface area contributed by atoms with Gasteiger partial charge in [0.25, 0.3) is 5.79 Å². The molecule has 1 fully saturated rings. The van der Waals surface area contributed by atoms with E-state index in [9.17, 15) is 9.90 Å². The third kappa shape index (κ3) is 1.62. The van der Waals surface area contributed by atoms with Crippen LogP contribution >= 0.6 is 0 Å². The Morgan fingerprint density at radius 1 is 1.33 bits per heavy atom. The average molecular weight is 178 g/mol. The van der Waals surface area contributed by atoms with E-state index in [0.29, 0.717) is 0 Å². The van der Waals surface area contributed by atoms with Gasteiger partial charge in [0.1, 0.15) is 18.3 Å². The van der Waals surface area contributed by atoms with Crippen molar-refractivity contribution < 1.29 is 29.9 Å². The van der Waals surface area contributed by atoms with Crippen molar-refractivity contribution in [3.05, 3.63) is 0 Å². The van der Waals surface area contributed by atoms with Crippen LogP contribution in [0, 0.1) is 0 Å². The topological polar surface area (TPSA) is 103 Å². The summed E-state index contributed by atoms with van der Waals surface area (Å²) in [5.41, 5.74) is 0. The van der Waals surface area contributed by atoms with Crippen LogP contribution < -0.4 is 0 Å². The molecule has 0 aromatic heterocycles. The van der Waals surface area contributed by atoms with Crippen molar-refractivity contribution in [2.75, 3.05) is 0 Å². The molecule has 1 aliphatic heterocycles. The molecule has 0 saturated carbocycles. The SMILES string of the molecule is CC1(C(O)C(O)C(O)C=O)OO1. The van der Waals surface area contributed by atoms with Gasteiger partial charge in [-0.2, -0.15) is 9.78 Å². The summed E-state index contributed by atoms with van der Waals surface area (Å²) < 4.78 is 0. The Balaban J connectivity index is 2.51. The molecule has 1 saturated heterocycles. The first-order valence-corrected chi connectivity index (χ1v) is 3.37. The molecular weight excluding hydrogens is 168 g/mol. The summed E-state index contributed by atoms with van der Waals surface area (Å²) in [5.74, 6) is -1.30. The summed E-state index contributed by atoms with van der Waals surface area (Å²) in [6, 6.07) is 0. The number of aliphatic hydroxyl groups is 3. The van der Waals surface area contributed by atoms with E-state index in [2.05, 4.69) is 9.78 Å². The van der Waals surface area contributed by atoms with Crippen molar-refractivity contribution in [1.82, 2.24) is 0 Å². The molecule has 0 aromatic carbocycles. The van der Waals surface area contributed by atoms with Crippen LogP contribution in [0.2, 0.25) is 0 Å². The minimum atomic E-state index is -1.63. The first-order chi connectivity index (χ1) is 5.51. The lowest BCUT2D eigenvalue weighted by atomic mass is 10.0. The van der Waals surface area contributed by atoms with Crippen LogP contribution in [0.1, 0.15) is 6.92 Å². The zero-order valence-corrected chi connectivity index (χ0v) is 6.38. The molecule has 70 valence electrons. The van der Waals surface area contributed by atoms with E-state index in [0.717, 1.165) is 0 Å². The summed E-state index contributed by atoms with van der Waals surface area (Å²) in [7, 11) is 0. The Kier molecular flexibility index (Phi) is 2.45. The van der Waals surface area contributed by atoms with Gasteiger partial charge in [0.05, 0.1) is 0 Å². The van der Waals surface area contributed by atoms with Crippen molar-refractivity contribution >= 4 is 6.29 Å². The highest BCUT2D eigenvalue weighted by molar-refractivity contribution is 5.56. The van der Waals surface area contributed by atoms with Crippen molar-refractivity contribution in [3.63, 3.8) is 0 Å². The number of carbonyl (C=O) groups excluding carboxylic acids is 1. The van der Waals surface area contributed by atoms with Crippen LogP contribution in [0.5, 0.6) is 0 Å². The minimum absolute atomic E-state index is 0.125. The molecule has 0 spiro atoms. The van der Waals surface area contributed by atoms with Gasteiger partial charge in [-0.05, 0) is 6.92 Å². The number of rotatable bonds is 4. The average Bonchev–Trinajstić information content (AvgIpc) is 2.81. The van der Waals surface area contributed by atoms with Gasteiger partial charge >= 0.3 is 0 Å². The van der Waals surface area contributed by atoms with E-state index in [-0.39, 0.29) is 6.29 Å². The van der Waals surface area contributed by atoms with Gasteiger partial charge in [-0.25, -0.2) is 0 Å². The fourth-order valence-corrected chi connectivity index (χ4v) is 0.742.